The highest BCUT2D eigenvalue weighted by atomic mass is 35.5. The lowest BCUT2D eigenvalue weighted by Gasteiger charge is -2.27. The molecule has 1 aliphatic heterocycles. The van der Waals surface area contributed by atoms with Gasteiger partial charge in [0.25, 0.3) is 0 Å². The van der Waals surface area contributed by atoms with Crippen molar-refractivity contribution in [1.29, 1.82) is 0 Å². The number of hydrogen-bond acceptors (Lipinski definition) is 2. The molecule has 130 valence electrons. The van der Waals surface area contributed by atoms with Gasteiger partial charge in [0, 0.05) is 12.8 Å². The van der Waals surface area contributed by atoms with Gasteiger partial charge in [-0.15, -0.1) is 0 Å². The first-order valence-corrected chi connectivity index (χ1v) is 9.56. The van der Waals surface area contributed by atoms with Gasteiger partial charge in [-0.05, 0) is 26.7 Å². The van der Waals surface area contributed by atoms with Gasteiger partial charge in [-0.2, -0.15) is 0 Å². The first kappa shape index (κ1) is 20.1. The summed E-state index contributed by atoms with van der Waals surface area (Å²) in [6.07, 6.45) is 14.4. The van der Waals surface area contributed by atoms with Crippen LogP contribution in [0.4, 0.5) is 0 Å². The minimum absolute atomic E-state index is 0. The smallest absolute Gasteiger partial charge is 0.363 e. The third-order valence-electron chi connectivity index (χ3n) is 5.15. The van der Waals surface area contributed by atoms with Crippen LogP contribution in [0.3, 0.4) is 0 Å². The van der Waals surface area contributed by atoms with E-state index >= 15 is 0 Å². The average Bonchev–Trinajstić information content (AvgIpc) is 2.66. The SMILES string of the molecule is CC1(C)SC2(CCCCCCCCCCC2)[NH2+]C1C(=O)O.[Cl-]. The van der Waals surface area contributed by atoms with Crippen LogP contribution < -0.4 is 17.7 Å². The van der Waals surface area contributed by atoms with Gasteiger partial charge in [0.1, 0.15) is 4.87 Å². The van der Waals surface area contributed by atoms with Crippen molar-refractivity contribution in [2.75, 3.05) is 0 Å². The Morgan fingerprint density at radius 2 is 1.36 bits per heavy atom. The number of hydrogen-bond donors (Lipinski definition) is 2. The van der Waals surface area contributed by atoms with E-state index < -0.39 is 5.97 Å². The van der Waals surface area contributed by atoms with E-state index in [1.54, 1.807) is 0 Å². The molecule has 5 heteroatoms. The van der Waals surface area contributed by atoms with E-state index in [-0.39, 0.29) is 28.1 Å². The van der Waals surface area contributed by atoms with Crippen molar-refractivity contribution < 1.29 is 27.6 Å². The summed E-state index contributed by atoms with van der Waals surface area (Å²) in [4.78, 5) is 11.7. The van der Waals surface area contributed by atoms with Gasteiger partial charge in [0.2, 0.25) is 0 Å². The lowest BCUT2D eigenvalue weighted by Crippen LogP contribution is -3.00. The van der Waals surface area contributed by atoms with Gasteiger partial charge in [-0.25, -0.2) is 4.79 Å². The highest BCUT2D eigenvalue weighted by Gasteiger charge is 2.56. The van der Waals surface area contributed by atoms with E-state index in [9.17, 15) is 9.90 Å². The number of carboxylic acid groups (broad SMARTS) is 1. The number of rotatable bonds is 1. The first-order chi connectivity index (χ1) is 9.95. The summed E-state index contributed by atoms with van der Waals surface area (Å²) >= 11 is 1.94. The summed E-state index contributed by atoms with van der Waals surface area (Å²) in [6, 6.07) is -0.296. The minimum atomic E-state index is -0.643. The van der Waals surface area contributed by atoms with E-state index in [2.05, 4.69) is 19.2 Å². The Morgan fingerprint density at radius 1 is 0.955 bits per heavy atom. The number of quaternary nitrogens is 1. The molecule has 0 radical (unpaired) electrons. The Balaban J connectivity index is 0.00000242. The number of aliphatic carboxylic acids is 1. The fourth-order valence-electron chi connectivity index (χ4n) is 3.97. The molecule has 0 aromatic heterocycles. The van der Waals surface area contributed by atoms with Gasteiger partial charge in [0.15, 0.2) is 6.04 Å². The van der Waals surface area contributed by atoms with Crippen molar-refractivity contribution in [3.63, 3.8) is 0 Å². The van der Waals surface area contributed by atoms with Crippen molar-refractivity contribution >= 4 is 17.7 Å². The van der Waals surface area contributed by atoms with E-state index in [0.29, 0.717) is 0 Å². The Labute approximate surface area is 145 Å². The highest BCUT2D eigenvalue weighted by molar-refractivity contribution is 8.02. The number of thioether (sulfide) groups is 1. The molecule has 1 saturated carbocycles. The van der Waals surface area contributed by atoms with E-state index in [0.717, 1.165) is 0 Å². The van der Waals surface area contributed by atoms with Crippen molar-refractivity contribution in [1.82, 2.24) is 0 Å². The predicted octanol–water partition coefficient (Wildman–Crippen LogP) is 0.533. The standard InChI is InChI=1S/C17H31NO2S.ClH/c1-16(2)14(15(19)20)18-17(21-16)12-10-8-6-4-3-5-7-9-11-13-17;/h14,18H,3-13H2,1-2H3,(H,19,20);1H. The quantitative estimate of drug-likeness (QED) is 0.726. The molecule has 0 bridgehead atoms. The van der Waals surface area contributed by atoms with Crippen LogP contribution >= 0.6 is 11.8 Å². The highest BCUT2D eigenvalue weighted by Crippen LogP contribution is 2.45. The molecule has 2 fully saturated rings. The molecule has 22 heavy (non-hydrogen) atoms. The fourth-order valence-corrected chi connectivity index (χ4v) is 6.01. The van der Waals surface area contributed by atoms with Crippen molar-refractivity contribution in [2.45, 2.75) is 100 Å². The third-order valence-corrected chi connectivity index (χ3v) is 6.88. The minimum Gasteiger partial charge on any atom is -1.00 e. The van der Waals surface area contributed by atoms with E-state index in [4.69, 9.17) is 0 Å². The fraction of sp³-hybridized carbons (Fsp3) is 0.941. The zero-order chi connectivity index (χ0) is 15.3. The molecule has 3 N–H and O–H groups in total. The van der Waals surface area contributed by atoms with Gasteiger partial charge in [-0.3, -0.25) is 0 Å². The van der Waals surface area contributed by atoms with Gasteiger partial charge >= 0.3 is 5.97 Å². The van der Waals surface area contributed by atoms with Crippen LogP contribution in [0.15, 0.2) is 0 Å². The number of halogens is 1. The molecule has 2 rings (SSSR count). The van der Waals surface area contributed by atoms with E-state index in [1.165, 1.54) is 70.6 Å². The monoisotopic (exact) mass is 349 g/mol. The maximum absolute atomic E-state index is 11.6. The Kier molecular flexibility index (Phi) is 8.04. The molecule has 0 aromatic rings. The summed E-state index contributed by atoms with van der Waals surface area (Å²) in [6.45, 7) is 4.22. The van der Waals surface area contributed by atoms with Crippen LogP contribution in [-0.4, -0.2) is 26.7 Å². The molecule has 1 aliphatic carbocycles. The molecule has 1 spiro atoms. The second kappa shape index (κ2) is 8.79. The molecule has 1 saturated heterocycles. The molecule has 3 nitrogen and oxygen atoms in total. The van der Waals surface area contributed by atoms with Crippen molar-refractivity contribution in [2.24, 2.45) is 0 Å². The molecule has 1 atom stereocenters. The lowest BCUT2D eigenvalue weighted by atomic mass is 9.95. The van der Waals surface area contributed by atoms with Crippen LogP contribution in [-0.2, 0) is 4.79 Å². The summed E-state index contributed by atoms with van der Waals surface area (Å²) in [7, 11) is 0. The number of nitrogens with two attached hydrogens (primary N) is 1. The molecule has 1 unspecified atom stereocenters. The zero-order valence-corrected chi connectivity index (χ0v) is 15.6. The summed E-state index contributed by atoms with van der Waals surface area (Å²) in [5.74, 6) is -0.643. The lowest BCUT2D eigenvalue weighted by molar-refractivity contribution is -0.719. The summed E-state index contributed by atoms with van der Waals surface area (Å²) in [5, 5.41) is 11.7. The summed E-state index contributed by atoms with van der Waals surface area (Å²) in [5.41, 5.74) is 0. The normalized spacial score (nSPS) is 29.1. The molecule has 1 heterocycles. The predicted molar refractivity (Wildman–Crippen MR) is 88.5 cm³/mol. The number of carboxylic acids is 1. The van der Waals surface area contributed by atoms with Crippen molar-refractivity contribution in [3.8, 4) is 0 Å². The molecule has 2 aliphatic rings. The Hall–Kier alpha value is 0.0700. The van der Waals surface area contributed by atoms with Crippen LogP contribution in [0.25, 0.3) is 0 Å². The van der Waals surface area contributed by atoms with Crippen LogP contribution in [0.1, 0.15) is 84.5 Å². The largest absolute Gasteiger partial charge is 1.00 e. The second-order valence-corrected chi connectivity index (χ2v) is 9.50. The number of carbonyl (C=O) groups is 1. The summed E-state index contributed by atoms with van der Waals surface area (Å²) < 4.78 is -0.164. The molecular weight excluding hydrogens is 318 g/mol. The maximum Gasteiger partial charge on any atom is 0.363 e. The average molecular weight is 350 g/mol. The molecule has 0 amide bonds. The first-order valence-electron chi connectivity index (χ1n) is 8.74. The van der Waals surface area contributed by atoms with Gasteiger partial charge < -0.3 is 22.8 Å². The van der Waals surface area contributed by atoms with Gasteiger partial charge in [0.05, 0.1) is 4.75 Å². The molecular formula is C17H32ClNO2S. The van der Waals surface area contributed by atoms with Crippen LogP contribution in [0, 0.1) is 0 Å². The van der Waals surface area contributed by atoms with Crippen LogP contribution in [0.2, 0.25) is 0 Å². The van der Waals surface area contributed by atoms with Crippen LogP contribution in [0.5, 0.6) is 0 Å². The Bertz CT molecular complexity index is 351. The Morgan fingerprint density at radius 3 is 1.73 bits per heavy atom. The zero-order valence-electron chi connectivity index (χ0n) is 14.1. The second-order valence-electron chi connectivity index (χ2n) is 7.43. The van der Waals surface area contributed by atoms with Crippen molar-refractivity contribution in [3.05, 3.63) is 0 Å². The maximum atomic E-state index is 11.6. The third kappa shape index (κ3) is 5.31. The topological polar surface area (TPSA) is 53.9 Å². The van der Waals surface area contributed by atoms with Gasteiger partial charge in [-0.1, -0.05) is 56.7 Å². The van der Waals surface area contributed by atoms with E-state index in [1.807, 2.05) is 11.8 Å². The molecule has 0 aromatic carbocycles.